The number of rotatable bonds is 11. The molecule has 3 unspecified atom stereocenters. The summed E-state index contributed by atoms with van der Waals surface area (Å²) in [4.78, 5) is 50.4. The second-order valence-corrected chi connectivity index (χ2v) is 18.5. The van der Waals surface area contributed by atoms with E-state index in [0.29, 0.717) is 56.1 Å². The van der Waals surface area contributed by atoms with Crippen LogP contribution in [0.3, 0.4) is 0 Å². The van der Waals surface area contributed by atoms with E-state index in [1.54, 1.807) is 36.5 Å². The number of hydrogen-bond acceptors (Lipinski definition) is 16. The molecule has 2 aromatic heterocycles. The first-order chi connectivity index (χ1) is 27.7. The number of hydrogen-bond donors (Lipinski definition) is 3. The minimum Gasteiger partial charge on any atom is -0.455 e. The Morgan fingerprint density at radius 1 is 1.14 bits per heavy atom. The Bertz CT molecular complexity index is 1760. The highest BCUT2D eigenvalue weighted by atomic mass is 32.1. The van der Waals surface area contributed by atoms with Gasteiger partial charge in [0, 0.05) is 44.4 Å². The van der Waals surface area contributed by atoms with Crippen molar-refractivity contribution in [3.05, 3.63) is 12.4 Å². The Morgan fingerprint density at radius 3 is 2.46 bits per heavy atom. The second-order valence-electron chi connectivity index (χ2n) is 17.4. The van der Waals surface area contributed by atoms with Crippen LogP contribution in [0.15, 0.2) is 12.4 Å². The van der Waals surface area contributed by atoms with Gasteiger partial charge in [0.1, 0.15) is 17.9 Å². The van der Waals surface area contributed by atoms with E-state index in [-0.39, 0.29) is 24.5 Å². The number of nitrogens with two attached hydrogens (primary N) is 1. The number of methoxy groups -OCH3 is 1. The molecule has 0 aliphatic carbocycles. The molecular weight excluding hydrogens is 788 g/mol. The van der Waals surface area contributed by atoms with Gasteiger partial charge in [0.05, 0.1) is 34.9 Å². The number of nitrogens with one attached hydrogen (secondary N) is 1. The summed E-state index contributed by atoms with van der Waals surface area (Å²) < 4.78 is 49.5. The first-order valence-electron chi connectivity index (χ1n) is 20.7. The molecule has 0 bridgehead atoms. The van der Waals surface area contributed by atoms with Gasteiger partial charge >= 0.3 is 12.1 Å². The summed E-state index contributed by atoms with van der Waals surface area (Å²) in [5.74, 6) is -3.86. The lowest BCUT2D eigenvalue weighted by atomic mass is 9.78. The Morgan fingerprint density at radius 2 is 1.83 bits per heavy atom. The molecule has 3 fully saturated rings. The van der Waals surface area contributed by atoms with Crippen LogP contribution in [0.2, 0.25) is 0 Å². The molecule has 19 heteroatoms. The molecule has 0 radical (unpaired) electrons. The van der Waals surface area contributed by atoms with Crippen LogP contribution in [0, 0.1) is 11.8 Å². The predicted molar refractivity (Wildman–Crippen MR) is 218 cm³/mol. The molecule has 3 aliphatic rings. The summed E-state index contributed by atoms with van der Waals surface area (Å²) in [5.41, 5.74) is 0.669. The number of amides is 1. The first-order valence-corrected chi connectivity index (χ1v) is 21.5. The van der Waals surface area contributed by atoms with Gasteiger partial charge < -0.3 is 44.7 Å². The highest BCUT2D eigenvalue weighted by Crippen LogP contribution is 2.41. The Kier molecular flexibility index (Phi) is 14.8. The minimum atomic E-state index is -3.13. The molecular formula is C40H65FN8O9S. The van der Waals surface area contributed by atoms with E-state index >= 15 is 4.39 Å². The third kappa shape index (κ3) is 9.92. The monoisotopic (exact) mass is 852 g/mol. The van der Waals surface area contributed by atoms with Crippen LogP contribution < -0.4 is 11.1 Å². The number of halogens is 1. The van der Waals surface area contributed by atoms with Crippen molar-refractivity contribution in [2.75, 3.05) is 40.0 Å². The van der Waals surface area contributed by atoms with Crippen molar-refractivity contribution < 1.29 is 47.6 Å². The number of nitrogens with zero attached hydrogens (tertiary/aromatic N) is 6. The van der Waals surface area contributed by atoms with Crippen molar-refractivity contribution in [3.8, 4) is 10.6 Å². The van der Waals surface area contributed by atoms with Crippen LogP contribution in [-0.4, -0.2) is 153 Å². The molecule has 3 saturated heterocycles. The molecule has 2 aromatic rings. The summed E-state index contributed by atoms with van der Waals surface area (Å²) in [6.45, 7) is 14.7. The third-order valence-electron chi connectivity index (χ3n) is 12.4. The molecule has 3 aliphatic heterocycles. The zero-order valence-electron chi connectivity index (χ0n) is 36.3. The van der Waals surface area contributed by atoms with Crippen LogP contribution in [0.1, 0.15) is 87.5 Å². The van der Waals surface area contributed by atoms with Gasteiger partial charge in [-0.05, 0) is 93.3 Å². The molecule has 59 heavy (non-hydrogen) atoms. The number of alkyl halides is 1. The molecule has 332 valence electrons. The molecule has 1 amide bonds. The number of unbranched alkanes of at least 4 members (excludes halogenated alkanes) is 1. The lowest BCUT2D eigenvalue weighted by Gasteiger charge is -2.47. The normalized spacial score (nSPS) is 37.8. The van der Waals surface area contributed by atoms with Gasteiger partial charge in [0.2, 0.25) is 0 Å². The van der Waals surface area contributed by atoms with Crippen LogP contribution in [0.5, 0.6) is 0 Å². The number of carbonyl (C=O) groups is 3. The number of carbonyl (C=O) groups excluding carboxylic acids is 3. The smallest absolute Gasteiger partial charge is 0.410 e. The lowest BCUT2D eigenvalue weighted by molar-refractivity contribution is -0.295. The van der Waals surface area contributed by atoms with Crippen LogP contribution in [0.25, 0.3) is 10.6 Å². The van der Waals surface area contributed by atoms with Gasteiger partial charge in [-0.1, -0.05) is 37.3 Å². The van der Waals surface area contributed by atoms with Crippen molar-refractivity contribution in [1.29, 1.82) is 0 Å². The molecule has 5 heterocycles. The van der Waals surface area contributed by atoms with Crippen molar-refractivity contribution in [1.82, 2.24) is 35.1 Å². The van der Waals surface area contributed by atoms with Crippen molar-refractivity contribution in [2.45, 2.75) is 160 Å². The Hall–Kier alpha value is -3.33. The molecule has 0 aromatic carbocycles. The van der Waals surface area contributed by atoms with Crippen molar-refractivity contribution in [2.24, 2.45) is 11.8 Å². The van der Waals surface area contributed by atoms with Crippen molar-refractivity contribution in [3.63, 3.8) is 0 Å². The number of likely N-dealkylation sites (N-methyl/N-ethyl adjacent to an activating group) is 1. The standard InChI is InChI=1S/C40H65FN8O9S/c1-12-29-40(8)31(49(37(53)58-40)16-14-13-15-48-21-26(45-46-48)28-20-44-36(42)59-28)25(5)43-19-22(2)18-38(6,54-11)33(24(4)32(51)39(7,41)35(52)56-29)57-34-30(50)27(47(9)10)17-23(3)55-34/h20-25,27,29-31,33-34,43,50H,12-19H2,1-11H3,(H2,42,44)/t22-,23?,24+,25-,27?,29-,30?,31-,33-,34+,38-,39+,40-/m1/s1. The number of cyclic esters (lactones) is 1. The van der Waals surface area contributed by atoms with E-state index in [1.165, 1.54) is 25.4 Å². The fourth-order valence-electron chi connectivity index (χ4n) is 9.15. The average molecular weight is 853 g/mol. The van der Waals surface area contributed by atoms with Gasteiger partial charge in [-0.2, -0.15) is 0 Å². The van der Waals surface area contributed by atoms with Crippen LogP contribution in [-0.2, 0) is 39.8 Å². The second kappa shape index (κ2) is 18.7. The molecule has 0 spiro atoms. The third-order valence-corrected chi connectivity index (χ3v) is 13.3. The van der Waals surface area contributed by atoms with E-state index in [0.717, 1.165) is 11.8 Å². The van der Waals surface area contributed by atoms with Gasteiger partial charge in [0.25, 0.3) is 5.67 Å². The Balaban J connectivity index is 1.41. The lowest BCUT2D eigenvalue weighted by Crippen LogP contribution is -2.61. The molecule has 4 N–H and O–H groups in total. The van der Waals surface area contributed by atoms with E-state index in [2.05, 4.69) is 20.6 Å². The maximum Gasteiger partial charge on any atom is 0.410 e. The number of fused-ring (bicyclic) bond motifs is 1. The zero-order chi connectivity index (χ0) is 43.6. The number of nitrogen functional groups attached to an aromatic ring is 1. The summed E-state index contributed by atoms with van der Waals surface area (Å²) in [6.07, 6.45) is 0.343. The summed E-state index contributed by atoms with van der Waals surface area (Å²) in [6, 6.07) is -1.36. The highest BCUT2D eigenvalue weighted by Gasteiger charge is 2.60. The zero-order valence-corrected chi connectivity index (χ0v) is 37.2. The minimum absolute atomic E-state index is 0.116. The van der Waals surface area contributed by atoms with Gasteiger partial charge in [0.15, 0.2) is 22.8 Å². The number of anilines is 1. The van der Waals surface area contributed by atoms with Crippen molar-refractivity contribution >= 4 is 34.3 Å². The molecule has 17 nitrogen and oxygen atoms in total. The van der Waals surface area contributed by atoms with Crippen LogP contribution >= 0.6 is 11.3 Å². The summed E-state index contributed by atoms with van der Waals surface area (Å²) in [5, 5.41) is 23.9. The average Bonchev–Trinajstić information content (AvgIpc) is 3.90. The highest BCUT2D eigenvalue weighted by molar-refractivity contribution is 7.18. The van der Waals surface area contributed by atoms with Gasteiger partial charge in [-0.25, -0.2) is 19.0 Å². The fourth-order valence-corrected chi connectivity index (χ4v) is 9.78. The number of aryl methyl sites for hydroxylation is 1. The topological polar surface area (TPSA) is 206 Å². The first kappa shape index (κ1) is 46.7. The van der Waals surface area contributed by atoms with E-state index in [1.807, 2.05) is 46.0 Å². The number of ketones is 1. The maximum atomic E-state index is 16.9. The maximum absolute atomic E-state index is 16.9. The summed E-state index contributed by atoms with van der Waals surface area (Å²) in [7, 11) is 5.20. The van der Waals surface area contributed by atoms with E-state index in [4.69, 9.17) is 29.4 Å². The van der Waals surface area contributed by atoms with E-state index in [9.17, 15) is 19.5 Å². The summed E-state index contributed by atoms with van der Waals surface area (Å²) >= 11 is 1.32. The SMILES string of the molecule is CC[C@H]1OC(=O)[C@@](C)(F)C(=O)[C@H](C)[C@@H](O[C@@H]2OC(C)CC(N(C)C)C2O)[C@](C)(OC)C[C@@H](C)CN[C@H](C)[C@H]2N(CCCCn3cc(-c4cnc(N)s4)nn3)C(=O)O[C@]12C. The predicted octanol–water partition coefficient (Wildman–Crippen LogP) is 3.83. The largest absolute Gasteiger partial charge is 0.455 e. The number of aliphatic hydroxyl groups excluding tert-OH is 1. The Labute approximate surface area is 350 Å². The number of Topliss-reactive ketones (excluding diaryl/α,β-unsaturated/α-hetero) is 1. The van der Waals surface area contributed by atoms with Gasteiger partial charge in [-0.3, -0.25) is 14.4 Å². The molecule has 13 atom stereocenters. The number of aliphatic hydroxyl groups is 1. The molecule has 5 rings (SSSR count). The number of aromatic nitrogens is 4. The number of esters is 1. The fraction of sp³-hybridized carbons (Fsp3) is 0.800. The quantitative estimate of drug-likeness (QED) is 0.167. The number of thiazole rings is 1. The van der Waals surface area contributed by atoms with Gasteiger partial charge in [-0.15, -0.1) is 5.10 Å². The molecule has 0 saturated carbocycles. The van der Waals surface area contributed by atoms with Crippen LogP contribution in [0.4, 0.5) is 14.3 Å². The van der Waals surface area contributed by atoms with E-state index < -0.39 is 77.3 Å². The number of ether oxygens (including phenoxy) is 5.